The Morgan fingerprint density at radius 1 is 1.15 bits per heavy atom. The van der Waals surface area contributed by atoms with Gasteiger partial charge >= 0.3 is 0 Å². The van der Waals surface area contributed by atoms with E-state index >= 15 is 0 Å². The van der Waals surface area contributed by atoms with Gasteiger partial charge in [-0.3, -0.25) is 10.2 Å². The van der Waals surface area contributed by atoms with Crippen LogP contribution in [0.4, 0.5) is 0 Å². The Hall–Kier alpha value is -0.200. The number of rotatable bonds is 14. The van der Waals surface area contributed by atoms with Crippen molar-refractivity contribution in [3.05, 3.63) is 0 Å². The lowest BCUT2D eigenvalue weighted by Crippen LogP contribution is -2.31. The molecular formula is C15H35N3O2. The number of likely N-dealkylation sites (N-methyl/N-ethyl adjacent to an activating group) is 1. The SMILES string of the molecule is COCN(C)CCOCNCCCNC(C)CC(C)C. The molecule has 0 bridgehead atoms. The number of ether oxygens (including phenoxy) is 2. The monoisotopic (exact) mass is 289 g/mol. The molecule has 0 spiro atoms. The molecule has 0 amide bonds. The van der Waals surface area contributed by atoms with Gasteiger partial charge in [0.25, 0.3) is 0 Å². The predicted octanol–water partition coefficient (Wildman–Crippen LogP) is 1.50. The first kappa shape index (κ1) is 19.8. The van der Waals surface area contributed by atoms with Crippen LogP contribution in [0.5, 0.6) is 0 Å². The number of nitrogens with one attached hydrogen (secondary N) is 2. The smallest absolute Gasteiger partial charge is 0.0984 e. The number of methoxy groups -OCH3 is 1. The molecule has 1 atom stereocenters. The molecule has 0 radical (unpaired) electrons. The first-order valence-electron chi connectivity index (χ1n) is 7.75. The molecule has 1 unspecified atom stereocenters. The van der Waals surface area contributed by atoms with Crippen LogP contribution in [0.3, 0.4) is 0 Å². The Labute approximate surface area is 125 Å². The van der Waals surface area contributed by atoms with Gasteiger partial charge in [-0.1, -0.05) is 13.8 Å². The van der Waals surface area contributed by atoms with Crippen LogP contribution in [0, 0.1) is 5.92 Å². The number of nitrogens with zero attached hydrogens (tertiary/aromatic N) is 1. The molecule has 0 fully saturated rings. The summed E-state index contributed by atoms with van der Waals surface area (Å²) in [4.78, 5) is 2.08. The highest BCUT2D eigenvalue weighted by Crippen LogP contribution is 2.03. The highest BCUT2D eigenvalue weighted by Gasteiger charge is 2.03. The van der Waals surface area contributed by atoms with Crippen molar-refractivity contribution in [2.45, 2.75) is 39.7 Å². The third-order valence-corrected chi connectivity index (χ3v) is 3.02. The largest absolute Gasteiger partial charge is 0.369 e. The summed E-state index contributed by atoms with van der Waals surface area (Å²) in [5.41, 5.74) is 0. The molecule has 0 aliphatic rings. The third-order valence-electron chi connectivity index (χ3n) is 3.02. The van der Waals surface area contributed by atoms with Gasteiger partial charge in [-0.05, 0) is 45.8 Å². The van der Waals surface area contributed by atoms with Crippen LogP contribution in [0.2, 0.25) is 0 Å². The van der Waals surface area contributed by atoms with Gasteiger partial charge in [0.1, 0.15) is 0 Å². The van der Waals surface area contributed by atoms with E-state index in [1.165, 1.54) is 6.42 Å². The quantitative estimate of drug-likeness (QED) is 0.375. The summed E-state index contributed by atoms with van der Waals surface area (Å²) in [6, 6.07) is 0.613. The fourth-order valence-corrected chi connectivity index (χ4v) is 2.07. The van der Waals surface area contributed by atoms with E-state index in [9.17, 15) is 0 Å². The Morgan fingerprint density at radius 2 is 1.90 bits per heavy atom. The minimum absolute atomic E-state index is 0.613. The van der Waals surface area contributed by atoms with Gasteiger partial charge in [-0.15, -0.1) is 0 Å². The zero-order chi connectivity index (χ0) is 15.2. The van der Waals surface area contributed by atoms with Crippen molar-refractivity contribution in [1.82, 2.24) is 15.5 Å². The molecule has 0 saturated heterocycles. The maximum atomic E-state index is 5.50. The Balaban J connectivity index is 3.17. The van der Waals surface area contributed by atoms with Crippen molar-refractivity contribution < 1.29 is 9.47 Å². The second-order valence-corrected chi connectivity index (χ2v) is 5.89. The van der Waals surface area contributed by atoms with Crippen LogP contribution in [0.25, 0.3) is 0 Å². The zero-order valence-corrected chi connectivity index (χ0v) is 14.1. The maximum Gasteiger partial charge on any atom is 0.0984 e. The summed E-state index contributed by atoms with van der Waals surface area (Å²) < 4.78 is 10.5. The highest BCUT2D eigenvalue weighted by molar-refractivity contribution is 4.62. The van der Waals surface area contributed by atoms with Gasteiger partial charge in [-0.2, -0.15) is 0 Å². The lowest BCUT2D eigenvalue weighted by Gasteiger charge is -2.16. The standard InChI is InChI=1S/C15H35N3O2/c1-14(2)11-15(3)17-8-6-7-16-12-20-10-9-18(4)13-19-5/h14-17H,6-13H2,1-5H3. The van der Waals surface area contributed by atoms with Gasteiger partial charge in [0.2, 0.25) is 0 Å². The first-order chi connectivity index (χ1) is 9.56. The van der Waals surface area contributed by atoms with E-state index in [1.54, 1.807) is 7.11 Å². The van der Waals surface area contributed by atoms with Crippen LogP contribution < -0.4 is 10.6 Å². The number of hydrogen-bond donors (Lipinski definition) is 2. The van der Waals surface area contributed by atoms with Gasteiger partial charge in [-0.25, -0.2) is 0 Å². The topological polar surface area (TPSA) is 45.8 Å². The van der Waals surface area contributed by atoms with E-state index < -0.39 is 0 Å². The second kappa shape index (κ2) is 13.8. The lowest BCUT2D eigenvalue weighted by molar-refractivity contribution is 0.0450. The van der Waals surface area contributed by atoms with Gasteiger partial charge in [0.05, 0.1) is 20.1 Å². The van der Waals surface area contributed by atoms with Crippen LogP contribution in [0.15, 0.2) is 0 Å². The molecule has 0 aromatic carbocycles. The summed E-state index contributed by atoms with van der Waals surface area (Å²) in [7, 11) is 3.72. The van der Waals surface area contributed by atoms with Crippen molar-refractivity contribution in [2.75, 3.05) is 53.9 Å². The molecule has 2 N–H and O–H groups in total. The minimum atomic E-state index is 0.613. The molecule has 0 aromatic heterocycles. The normalized spacial score (nSPS) is 13.3. The van der Waals surface area contributed by atoms with E-state index in [-0.39, 0.29) is 0 Å². The molecule has 122 valence electrons. The van der Waals surface area contributed by atoms with E-state index in [0.717, 1.165) is 38.6 Å². The summed E-state index contributed by atoms with van der Waals surface area (Å²) >= 11 is 0. The molecule has 5 nitrogen and oxygen atoms in total. The molecule has 0 rings (SSSR count). The summed E-state index contributed by atoms with van der Waals surface area (Å²) in [6.07, 6.45) is 2.38. The third kappa shape index (κ3) is 14.2. The molecule has 0 aliphatic carbocycles. The average molecular weight is 289 g/mol. The van der Waals surface area contributed by atoms with Crippen LogP contribution in [-0.2, 0) is 9.47 Å². The van der Waals surface area contributed by atoms with Crippen molar-refractivity contribution in [2.24, 2.45) is 5.92 Å². The van der Waals surface area contributed by atoms with Crippen molar-refractivity contribution in [1.29, 1.82) is 0 Å². The van der Waals surface area contributed by atoms with Crippen molar-refractivity contribution >= 4 is 0 Å². The molecular weight excluding hydrogens is 254 g/mol. The van der Waals surface area contributed by atoms with Crippen LogP contribution >= 0.6 is 0 Å². The predicted molar refractivity (Wildman–Crippen MR) is 84.9 cm³/mol. The van der Waals surface area contributed by atoms with E-state index in [0.29, 0.717) is 19.5 Å². The molecule has 0 aromatic rings. The number of hydrogen-bond acceptors (Lipinski definition) is 5. The Bertz CT molecular complexity index is 204. The summed E-state index contributed by atoms with van der Waals surface area (Å²) in [5.74, 6) is 0.764. The first-order valence-corrected chi connectivity index (χ1v) is 7.75. The minimum Gasteiger partial charge on any atom is -0.369 e. The zero-order valence-electron chi connectivity index (χ0n) is 14.1. The maximum absolute atomic E-state index is 5.50. The lowest BCUT2D eigenvalue weighted by atomic mass is 10.1. The molecule has 0 aliphatic heterocycles. The molecule has 0 saturated carbocycles. The molecule has 0 heterocycles. The highest BCUT2D eigenvalue weighted by atomic mass is 16.5. The molecule has 5 heteroatoms. The Kier molecular flexibility index (Phi) is 13.6. The van der Waals surface area contributed by atoms with Gasteiger partial charge in [0, 0.05) is 19.7 Å². The van der Waals surface area contributed by atoms with Gasteiger partial charge < -0.3 is 14.8 Å². The average Bonchev–Trinajstić information content (AvgIpc) is 2.36. The van der Waals surface area contributed by atoms with Crippen molar-refractivity contribution in [3.8, 4) is 0 Å². The van der Waals surface area contributed by atoms with E-state index in [4.69, 9.17) is 9.47 Å². The van der Waals surface area contributed by atoms with E-state index in [1.807, 2.05) is 7.05 Å². The van der Waals surface area contributed by atoms with Crippen molar-refractivity contribution in [3.63, 3.8) is 0 Å². The van der Waals surface area contributed by atoms with Crippen LogP contribution in [-0.4, -0.2) is 64.8 Å². The Morgan fingerprint density at radius 3 is 2.55 bits per heavy atom. The van der Waals surface area contributed by atoms with Gasteiger partial charge in [0.15, 0.2) is 0 Å². The fraction of sp³-hybridized carbons (Fsp3) is 1.00. The summed E-state index contributed by atoms with van der Waals surface area (Å²) in [6.45, 7) is 11.8. The van der Waals surface area contributed by atoms with Crippen LogP contribution in [0.1, 0.15) is 33.6 Å². The molecule has 20 heavy (non-hydrogen) atoms. The second-order valence-electron chi connectivity index (χ2n) is 5.89. The fourth-order valence-electron chi connectivity index (χ4n) is 2.07. The summed E-state index contributed by atoms with van der Waals surface area (Å²) in [5, 5.41) is 6.84. The van der Waals surface area contributed by atoms with E-state index in [2.05, 4.69) is 36.3 Å².